The minimum absolute atomic E-state index is 0.461. The summed E-state index contributed by atoms with van der Waals surface area (Å²) in [6.45, 7) is 3.35. The Labute approximate surface area is 111 Å². The fourth-order valence-electron chi connectivity index (χ4n) is 2.33. The van der Waals surface area contributed by atoms with Crippen LogP contribution in [0.2, 0.25) is 0 Å². The maximum absolute atomic E-state index is 10.9. The van der Waals surface area contributed by atoms with Crippen LogP contribution in [0.3, 0.4) is 0 Å². The van der Waals surface area contributed by atoms with Gasteiger partial charge >= 0.3 is 5.97 Å². The predicted octanol–water partition coefficient (Wildman–Crippen LogP) is 3.07. The van der Waals surface area contributed by atoms with Gasteiger partial charge in [-0.3, -0.25) is 4.90 Å². The van der Waals surface area contributed by atoms with E-state index in [2.05, 4.69) is 4.90 Å². The molecule has 2 saturated carbocycles. The highest BCUT2D eigenvalue weighted by Gasteiger charge is 2.29. The van der Waals surface area contributed by atoms with Gasteiger partial charge in [-0.05, 0) is 49.7 Å². The summed E-state index contributed by atoms with van der Waals surface area (Å²) in [4.78, 5) is 15.1. The summed E-state index contributed by atoms with van der Waals surface area (Å²) in [6, 6.07) is 3.70. The van der Waals surface area contributed by atoms with Crippen molar-refractivity contribution >= 4 is 17.3 Å². The highest BCUT2D eigenvalue weighted by atomic mass is 32.1. The van der Waals surface area contributed by atoms with E-state index in [4.69, 9.17) is 5.11 Å². The third-order valence-corrected chi connectivity index (χ3v) is 4.74. The van der Waals surface area contributed by atoms with Crippen LogP contribution in [0.15, 0.2) is 12.1 Å². The number of hydrogen-bond acceptors (Lipinski definition) is 3. The fourth-order valence-corrected chi connectivity index (χ4v) is 3.22. The molecule has 1 aromatic rings. The van der Waals surface area contributed by atoms with Crippen LogP contribution in [-0.4, -0.2) is 29.1 Å². The standard InChI is InChI=1S/C14H19NO2S/c16-14(17)13-6-5-12(18-13)9-15(7-10-1-2-10)8-11-3-4-11/h5-6,10-11H,1-4,7-9H2,(H,16,17). The average molecular weight is 265 g/mol. The average Bonchev–Trinajstić information content (AvgIpc) is 3.22. The first kappa shape index (κ1) is 12.2. The third kappa shape index (κ3) is 3.33. The van der Waals surface area contributed by atoms with Gasteiger partial charge in [-0.2, -0.15) is 0 Å². The fraction of sp³-hybridized carbons (Fsp3) is 0.643. The molecule has 98 valence electrons. The molecule has 2 aliphatic rings. The zero-order valence-electron chi connectivity index (χ0n) is 10.5. The van der Waals surface area contributed by atoms with Crippen LogP contribution in [0.1, 0.15) is 40.2 Å². The molecule has 3 rings (SSSR count). The Morgan fingerprint density at radius 2 is 1.83 bits per heavy atom. The van der Waals surface area contributed by atoms with Crippen LogP contribution < -0.4 is 0 Å². The van der Waals surface area contributed by atoms with E-state index in [1.807, 2.05) is 6.07 Å². The van der Waals surface area contributed by atoms with Crippen molar-refractivity contribution in [3.8, 4) is 0 Å². The lowest BCUT2D eigenvalue weighted by Gasteiger charge is -2.21. The maximum Gasteiger partial charge on any atom is 0.345 e. The molecular formula is C14H19NO2S. The monoisotopic (exact) mass is 265 g/mol. The molecule has 2 aliphatic carbocycles. The molecule has 0 saturated heterocycles. The largest absolute Gasteiger partial charge is 0.477 e. The van der Waals surface area contributed by atoms with E-state index in [9.17, 15) is 4.79 Å². The molecule has 0 radical (unpaired) electrons. The van der Waals surface area contributed by atoms with Crippen LogP contribution in [0.5, 0.6) is 0 Å². The molecule has 18 heavy (non-hydrogen) atoms. The number of rotatable bonds is 7. The minimum atomic E-state index is -0.804. The van der Waals surface area contributed by atoms with Gasteiger partial charge in [0.25, 0.3) is 0 Å². The van der Waals surface area contributed by atoms with Gasteiger partial charge in [0.05, 0.1) is 0 Å². The van der Waals surface area contributed by atoms with Crippen molar-refractivity contribution in [2.75, 3.05) is 13.1 Å². The molecule has 0 aromatic carbocycles. The van der Waals surface area contributed by atoms with Gasteiger partial charge in [0.15, 0.2) is 0 Å². The Kier molecular flexibility index (Phi) is 3.39. The van der Waals surface area contributed by atoms with Crippen molar-refractivity contribution in [1.29, 1.82) is 0 Å². The van der Waals surface area contributed by atoms with E-state index in [0.29, 0.717) is 4.88 Å². The van der Waals surface area contributed by atoms with E-state index in [1.165, 1.54) is 55.0 Å². The molecule has 2 fully saturated rings. The Balaban J connectivity index is 1.59. The van der Waals surface area contributed by atoms with Gasteiger partial charge in [0.2, 0.25) is 0 Å². The molecule has 0 amide bonds. The van der Waals surface area contributed by atoms with E-state index in [-0.39, 0.29) is 0 Å². The summed E-state index contributed by atoms with van der Waals surface area (Å²) in [6.07, 6.45) is 5.52. The first-order chi connectivity index (χ1) is 8.70. The lowest BCUT2D eigenvalue weighted by molar-refractivity contribution is 0.0702. The van der Waals surface area contributed by atoms with E-state index in [0.717, 1.165) is 18.4 Å². The molecule has 0 bridgehead atoms. The van der Waals surface area contributed by atoms with Crippen molar-refractivity contribution in [3.05, 3.63) is 21.9 Å². The van der Waals surface area contributed by atoms with Crippen LogP contribution in [0.25, 0.3) is 0 Å². The second-order valence-electron chi connectivity index (χ2n) is 5.65. The molecule has 0 unspecified atom stereocenters. The van der Waals surface area contributed by atoms with Gasteiger partial charge in [0.1, 0.15) is 4.88 Å². The van der Waals surface area contributed by atoms with Crippen molar-refractivity contribution in [3.63, 3.8) is 0 Å². The highest BCUT2D eigenvalue weighted by Crippen LogP contribution is 2.34. The molecule has 1 N–H and O–H groups in total. The molecular weight excluding hydrogens is 246 g/mol. The van der Waals surface area contributed by atoms with Gasteiger partial charge in [0, 0.05) is 24.5 Å². The number of aromatic carboxylic acids is 1. The Bertz CT molecular complexity index is 421. The quantitative estimate of drug-likeness (QED) is 0.823. The van der Waals surface area contributed by atoms with E-state index < -0.39 is 5.97 Å². The number of carboxylic acid groups (broad SMARTS) is 1. The molecule has 0 aliphatic heterocycles. The number of carboxylic acids is 1. The van der Waals surface area contributed by atoms with Gasteiger partial charge in [-0.15, -0.1) is 11.3 Å². The summed E-state index contributed by atoms with van der Waals surface area (Å²) >= 11 is 1.42. The molecule has 1 aromatic heterocycles. The maximum atomic E-state index is 10.9. The van der Waals surface area contributed by atoms with Crippen LogP contribution >= 0.6 is 11.3 Å². The first-order valence-corrected chi connectivity index (χ1v) is 7.56. The van der Waals surface area contributed by atoms with Gasteiger partial charge < -0.3 is 5.11 Å². The summed E-state index contributed by atoms with van der Waals surface area (Å²) in [5.41, 5.74) is 0. The first-order valence-electron chi connectivity index (χ1n) is 6.75. The number of thiophene rings is 1. The third-order valence-electron chi connectivity index (χ3n) is 3.68. The molecule has 0 atom stereocenters. The zero-order valence-corrected chi connectivity index (χ0v) is 11.3. The SMILES string of the molecule is O=C(O)c1ccc(CN(CC2CC2)CC2CC2)s1. The summed E-state index contributed by atoms with van der Waals surface area (Å²) in [5.74, 6) is 1.01. The number of nitrogens with zero attached hydrogens (tertiary/aromatic N) is 1. The normalized spacial score (nSPS) is 19.4. The topological polar surface area (TPSA) is 40.5 Å². The number of hydrogen-bond donors (Lipinski definition) is 1. The highest BCUT2D eigenvalue weighted by molar-refractivity contribution is 7.13. The summed E-state index contributed by atoms with van der Waals surface area (Å²) in [7, 11) is 0. The molecule has 0 spiro atoms. The molecule has 1 heterocycles. The van der Waals surface area contributed by atoms with Crippen LogP contribution in [-0.2, 0) is 6.54 Å². The summed E-state index contributed by atoms with van der Waals surface area (Å²) < 4.78 is 0. The number of carbonyl (C=O) groups is 1. The minimum Gasteiger partial charge on any atom is -0.477 e. The van der Waals surface area contributed by atoms with Crippen molar-refractivity contribution in [2.24, 2.45) is 11.8 Å². The van der Waals surface area contributed by atoms with Crippen LogP contribution in [0, 0.1) is 11.8 Å². The van der Waals surface area contributed by atoms with Gasteiger partial charge in [-0.1, -0.05) is 0 Å². The Morgan fingerprint density at radius 3 is 2.28 bits per heavy atom. The van der Waals surface area contributed by atoms with E-state index >= 15 is 0 Å². The van der Waals surface area contributed by atoms with Crippen LogP contribution in [0.4, 0.5) is 0 Å². The van der Waals surface area contributed by atoms with Crippen molar-refractivity contribution in [1.82, 2.24) is 4.90 Å². The second-order valence-corrected chi connectivity index (χ2v) is 6.82. The van der Waals surface area contributed by atoms with Crippen molar-refractivity contribution in [2.45, 2.75) is 32.2 Å². The lowest BCUT2D eigenvalue weighted by atomic mass is 10.3. The lowest BCUT2D eigenvalue weighted by Crippen LogP contribution is -2.27. The zero-order chi connectivity index (χ0) is 12.5. The smallest absolute Gasteiger partial charge is 0.345 e. The summed E-state index contributed by atoms with van der Waals surface area (Å²) in [5, 5.41) is 8.94. The van der Waals surface area contributed by atoms with E-state index in [1.54, 1.807) is 6.07 Å². The van der Waals surface area contributed by atoms with Crippen molar-refractivity contribution < 1.29 is 9.90 Å². The molecule has 4 heteroatoms. The predicted molar refractivity (Wildman–Crippen MR) is 72.0 cm³/mol. The Hall–Kier alpha value is -0.870. The second kappa shape index (κ2) is 5.02. The van der Waals surface area contributed by atoms with Gasteiger partial charge in [-0.25, -0.2) is 4.79 Å². The molecule has 3 nitrogen and oxygen atoms in total. The Morgan fingerprint density at radius 1 is 1.22 bits per heavy atom.